The molecule has 7 nitrogen and oxygen atoms in total. The van der Waals surface area contributed by atoms with Gasteiger partial charge in [-0.2, -0.15) is 17.5 Å². The van der Waals surface area contributed by atoms with Crippen molar-refractivity contribution >= 4 is 16.0 Å². The quantitative estimate of drug-likeness (QED) is 0.506. The summed E-state index contributed by atoms with van der Waals surface area (Å²) in [6, 6.07) is -0.0989. The van der Waals surface area contributed by atoms with Crippen LogP contribution >= 0.6 is 0 Å². The van der Waals surface area contributed by atoms with Gasteiger partial charge in [0, 0.05) is 38.8 Å². The third-order valence-electron chi connectivity index (χ3n) is 5.10. The largest absolute Gasteiger partial charge is 0.511 e. The van der Waals surface area contributed by atoms with E-state index in [4.69, 9.17) is 0 Å². The van der Waals surface area contributed by atoms with Crippen LogP contribution in [0.15, 0.2) is 4.99 Å². The first kappa shape index (κ1) is 22.2. The van der Waals surface area contributed by atoms with Gasteiger partial charge in [-0.25, -0.2) is 8.42 Å². The van der Waals surface area contributed by atoms with Gasteiger partial charge in [0.05, 0.1) is 0 Å². The van der Waals surface area contributed by atoms with E-state index in [1.54, 1.807) is 0 Å². The zero-order valence-electron chi connectivity index (χ0n) is 15.9. The fraction of sp³-hybridized carbons (Fsp3) is 0.938. The van der Waals surface area contributed by atoms with Gasteiger partial charge < -0.3 is 15.5 Å². The Kier molecular flexibility index (Phi) is 7.75. The number of hydrogen-bond acceptors (Lipinski definition) is 4. The molecule has 158 valence electrons. The van der Waals surface area contributed by atoms with Crippen molar-refractivity contribution in [1.82, 2.24) is 19.8 Å². The summed E-state index contributed by atoms with van der Waals surface area (Å²) in [7, 11) is -5.24. The van der Waals surface area contributed by atoms with Crippen molar-refractivity contribution in [2.45, 2.75) is 44.7 Å². The molecule has 2 aliphatic rings. The summed E-state index contributed by atoms with van der Waals surface area (Å²) >= 11 is 0. The monoisotopic (exact) mass is 413 g/mol. The number of nitrogens with zero attached hydrogens (tertiary/aromatic N) is 3. The Bertz CT molecular complexity index is 604. The highest BCUT2D eigenvalue weighted by molar-refractivity contribution is 7.90. The predicted octanol–water partition coefficient (Wildman–Crippen LogP) is 1.20. The van der Waals surface area contributed by atoms with Crippen LogP contribution in [-0.4, -0.2) is 80.9 Å². The number of rotatable bonds is 6. The molecule has 11 heteroatoms. The number of sulfonamides is 1. The van der Waals surface area contributed by atoms with Crippen molar-refractivity contribution in [1.29, 1.82) is 0 Å². The molecule has 0 spiro atoms. The lowest BCUT2D eigenvalue weighted by Gasteiger charge is -2.32. The third-order valence-corrected chi connectivity index (χ3v) is 6.73. The summed E-state index contributed by atoms with van der Waals surface area (Å²) in [5.74, 6) is 1.16. The van der Waals surface area contributed by atoms with Gasteiger partial charge in [-0.1, -0.05) is 6.92 Å². The third kappa shape index (κ3) is 5.95. The van der Waals surface area contributed by atoms with Crippen LogP contribution in [0.1, 0.15) is 33.1 Å². The van der Waals surface area contributed by atoms with E-state index in [0.29, 0.717) is 42.1 Å². The molecule has 2 rings (SSSR count). The number of hydrogen-bond donors (Lipinski definition) is 2. The van der Waals surface area contributed by atoms with Crippen molar-refractivity contribution in [3.8, 4) is 0 Å². The van der Waals surface area contributed by atoms with Crippen LogP contribution in [0.3, 0.4) is 0 Å². The second-order valence-corrected chi connectivity index (χ2v) is 8.97. The average molecular weight is 414 g/mol. The maximum absolute atomic E-state index is 12.6. The van der Waals surface area contributed by atoms with Gasteiger partial charge in [-0.05, 0) is 45.2 Å². The minimum Gasteiger partial charge on any atom is -0.357 e. The molecular weight excluding hydrogens is 383 g/mol. The highest BCUT2D eigenvalue weighted by Crippen LogP contribution is 2.28. The van der Waals surface area contributed by atoms with Crippen LogP contribution in [-0.2, 0) is 10.0 Å². The molecule has 0 aromatic carbocycles. The standard InChI is InChI=1S/C16H30F3N5O2S/c1-3-20-15(21-11-13-5-8-23(4-2)12-13)22-14-6-9-24(10-7-14)27(25,26)16(17,18)19/h13-14H,3-12H2,1-2H3,(H2,20,21,22). The van der Waals surface area contributed by atoms with Gasteiger partial charge in [-0.3, -0.25) is 4.99 Å². The molecular formula is C16H30F3N5O2S. The van der Waals surface area contributed by atoms with E-state index < -0.39 is 15.5 Å². The molecule has 1 unspecified atom stereocenters. The fourth-order valence-electron chi connectivity index (χ4n) is 3.47. The highest BCUT2D eigenvalue weighted by Gasteiger charge is 2.50. The molecule has 2 N–H and O–H groups in total. The van der Waals surface area contributed by atoms with E-state index in [-0.39, 0.29) is 19.1 Å². The van der Waals surface area contributed by atoms with Crippen LogP contribution in [0.2, 0.25) is 0 Å². The Morgan fingerprint density at radius 1 is 1.15 bits per heavy atom. The number of nitrogens with one attached hydrogen (secondary N) is 2. The highest BCUT2D eigenvalue weighted by atomic mass is 32.2. The Balaban J connectivity index is 1.86. The first-order valence-corrected chi connectivity index (χ1v) is 10.9. The van der Waals surface area contributed by atoms with Crippen LogP contribution in [0.4, 0.5) is 13.2 Å². The molecule has 0 aliphatic carbocycles. The summed E-state index contributed by atoms with van der Waals surface area (Å²) in [6.07, 6.45) is 1.74. The molecule has 0 radical (unpaired) electrons. The van der Waals surface area contributed by atoms with Crippen molar-refractivity contribution in [3.63, 3.8) is 0 Å². The SMILES string of the molecule is CCNC(=NCC1CCN(CC)C1)NC1CCN(S(=O)(=O)C(F)(F)F)CC1. The van der Waals surface area contributed by atoms with Crippen molar-refractivity contribution < 1.29 is 21.6 Å². The first-order chi connectivity index (χ1) is 12.7. The Labute approximate surface area is 159 Å². The number of halogens is 3. The van der Waals surface area contributed by atoms with E-state index in [1.807, 2.05) is 6.92 Å². The second kappa shape index (κ2) is 9.42. The first-order valence-electron chi connectivity index (χ1n) is 9.51. The minimum atomic E-state index is -5.24. The lowest BCUT2D eigenvalue weighted by Crippen LogP contribution is -2.51. The molecule has 0 aromatic heterocycles. The topological polar surface area (TPSA) is 77.0 Å². The van der Waals surface area contributed by atoms with E-state index >= 15 is 0 Å². The molecule has 0 saturated carbocycles. The molecule has 0 bridgehead atoms. The summed E-state index contributed by atoms with van der Waals surface area (Å²) in [5.41, 5.74) is -5.24. The smallest absolute Gasteiger partial charge is 0.357 e. The molecule has 2 saturated heterocycles. The number of piperidine rings is 1. The summed E-state index contributed by atoms with van der Waals surface area (Å²) in [6.45, 7) is 8.34. The minimum absolute atomic E-state index is 0.0989. The van der Waals surface area contributed by atoms with Crippen LogP contribution in [0, 0.1) is 5.92 Å². The van der Waals surface area contributed by atoms with Gasteiger partial charge in [0.1, 0.15) is 0 Å². The Morgan fingerprint density at radius 3 is 2.33 bits per heavy atom. The van der Waals surface area contributed by atoms with Crippen molar-refractivity contribution in [3.05, 3.63) is 0 Å². The Morgan fingerprint density at radius 2 is 1.81 bits per heavy atom. The van der Waals surface area contributed by atoms with Gasteiger partial charge in [0.15, 0.2) is 5.96 Å². The average Bonchev–Trinajstić information content (AvgIpc) is 3.07. The fourth-order valence-corrected chi connectivity index (χ4v) is 4.45. The molecule has 0 amide bonds. The summed E-state index contributed by atoms with van der Waals surface area (Å²) in [4.78, 5) is 7.01. The van der Waals surface area contributed by atoms with Crippen LogP contribution < -0.4 is 10.6 Å². The van der Waals surface area contributed by atoms with Crippen LogP contribution in [0.5, 0.6) is 0 Å². The van der Waals surface area contributed by atoms with E-state index in [0.717, 1.165) is 26.1 Å². The lowest BCUT2D eigenvalue weighted by molar-refractivity contribution is -0.0494. The summed E-state index contributed by atoms with van der Waals surface area (Å²) < 4.78 is 61.4. The molecule has 2 heterocycles. The van der Waals surface area contributed by atoms with Gasteiger partial charge >= 0.3 is 15.5 Å². The maximum Gasteiger partial charge on any atom is 0.511 e. The normalized spacial score (nSPS) is 24.3. The van der Waals surface area contributed by atoms with Crippen LogP contribution in [0.25, 0.3) is 0 Å². The predicted molar refractivity (Wildman–Crippen MR) is 98.9 cm³/mol. The van der Waals surface area contributed by atoms with Gasteiger partial charge in [-0.15, -0.1) is 0 Å². The Hall–Kier alpha value is -1.07. The van der Waals surface area contributed by atoms with E-state index in [1.165, 1.54) is 0 Å². The molecule has 0 aromatic rings. The molecule has 2 aliphatic heterocycles. The van der Waals surface area contributed by atoms with Crippen molar-refractivity contribution in [2.75, 3.05) is 45.8 Å². The van der Waals surface area contributed by atoms with E-state index in [2.05, 4.69) is 27.4 Å². The molecule has 1 atom stereocenters. The number of aliphatic imine (C=N–C) groups is 1. The number of guanidine groups is 1. The second-order valence-electron chi connectivity index (χ2n) is 7.04. The van der Waals surface area contributed by atoms with E-state index in [9.17, 15) is 21.6 Å². The van der Waals surface area contributed by atoms with Crippen molar-refractivity contribution in [2.24, 2.45) is 10.9 Å². The van der Waals surface area contributed by atoms with Gasteiger partial charge in [0.25, 0.3) is 0 Å². The number of alkyl halides is 3. The summed E-state index contributed by atoms with van der Waals surface area (Å²) in [5, 5.41) is 6.40. The zero-order chi connectivity index (χ0) is 20.1. The number of likely N-dealkylation sites (tertiary alicyclic amines) is 1. The maximum atomic E-state index is 12.6. The zero-order valence-corrected chi connectivity index (χ0v) is 16.7. The molecule has 2 fully saturated rings. The molecule has 27 heavy (non-hydrogen) atoms. The lowest BCUT2D eigenvalue weighted by atomic mass is 10.1. The van der Waals surface area contributed by atoms with Gasteiger partial charge in [0.2, 0.25) is 0 Å².